The Labute approximate surface area is 175 Å². The van der Waals surface area contributed by atoms with Crippen molar-refractivity contribution in [3.63, 3.8) is 0 Å². The number of hydrogen-bond acceptors (Lipinski definition) is 3. The molecule has 1 fully saturated rings. The lowest BCUT2D eigenvalue weighted by molar-refractivity contribution is 0.140. The molecule has 1 aromatic carbocycles. The second-order valence-electron chi connectivity index (χ2n) is 7.88. The molecule has 2 N–H and O–H groups in total. The minimum Gasteiger partial charge on any atom is -0.488 e. The number of rotatable bonds is 6. The van der Waals surface area contributed by atoms with Crippen LogP contribution in [-0.4, -0.2) is 38.9 Å². The number of aliphatic imine (C=N–C) groups is 1. The first-order chi connectivity index (χ1) is 11.9. The van der Waals surface area contributed by atoms with Gasteiger partial charge in [-0.25, -0.2) is 0 Å². The molecular weight excluding hydrogens is 441 g/mol. The van der Waals surface area contributed by atoms with E-state index < -0.39 is 0 Å². The maximum absolute atomic E-state index is 6.15. The quantitative estimate of drug-likeness (QED) is 0.373. The van der Waals surface area contributed by atoms with E-state index in [0.29, 0.717) is 18.6 Å². The van der Waals surface area contributed by atoms with E-state index in [1.165, 1.54) is 5.56 Å². The average molecular weight is 475 g/mol. The Balaban J connectivity index is 0.00000338. The van der Waals surface area contributed by atoms with Crippen molar-refractivity contribution < 1.29 is 9.47 Å². The summed E-state index contributed by atoms with van der Waals surface area (Å²) in [6, 6.07) is 6.34. The molecule has 0 spiro atoms. The predicted molar refractivity (Wildman–Crippen MR) is 119 cm³/mol. The van der Waals surface area contributed by atoms with E-state index in [9.17, 15) is 0 Å². The Morgan fingerprint density at radius 3 is 2.69 bits per heavy atom. The molecule has 2 rings (SSSR count). The van der Waals surface area contributed by atoms with Crippen molar-refractivity contribution in [1.82, 2.24) is 10.6 Å². The van der Waals surface area contributed by atoms with Crippen LogP contribution in [0.15, 0.2) is 23.2 Å². The molecule has 1 atom stereocenters. The van der Waals surface area contributed by atoms with Gasteiger partial charge in [0.25, 0.3) is 0 Å². The molecule has 0 aromatic heterocycles. The molecule has 26 heavy (non-hydrogen) atoms. The van der Waals surface area contributed by atoms with Crippen LogP contribution in [0.2, 0.25) is 0 Å². The Bertz CT molecular complexity index is 579. The number of aryl methyl sites for hydroxylation is 1. The fourth-order valence-electron chi connectivity index (χ4n) is 2.66. The minimum atomic E-state index is 0. The number of guanidine groups is 1. The van der Waals surface area contributed by atoms with Crippen molar-refractivity contribution in [2.24, 2.45) is 10.4 Å². The summed E-state index contributed by atoms with van der Waals surface area (Å²) in [5.41, 5.74) is 2.65. The van der Waals surface area contributed by atoms with Gasteiger partial charge in [0.1, 0.15) is 11.9 Å². The topological polar surface area (TPSA) is 54.9 Å². The van der Waals surface area contributed by atoms with Gasteiger partial charge < -0.3 is 20.1 Å². The normalized spacial score (nSPS) is 17.6. The lowest BCUT2D eigenvalue weighted by atomic mass is 9.92. The van der Waals surface area contributed by atoms with Gasteiger partial charge in [0.2, 0.25) is 0 Å². The highest BCUT2D eigenvalue weighted by Gasteiger charge is 2.19. The fraction of sp³-hybridized carbons (Fsp3) is 0.650. The van der Waals surface area contributed by atoms with Gasteiger partial charge in [0, 0.05) is 32.1 Å². The van der Waals surface area contributed by atoms with Crippen LogP contribution in [0.5, 0.6) is 5.75 Å². The number of nitrogens with zero attached hydrogens (tertiary/aromatic N) is 1. The Morgan fingerprint density at radius 1 is 1.31 bits per heavy atom. The molecule has 0 radical (unpaired) electrons. The Hall–Kier alpha value is -1.02. The van der Waals surface area contributed by atoms with Gasteiger partial charge in [-0.3, -0.25) is 4.99 Å². The average Bonchev–Trinajstić information content (AvgIpc) is 3.04. The number of nitrogens with one attached hydrogen (secondary N) is 2. The van der Waals surface area contributed by atoms with Crippen LogP contribution < -0.4 is 15.4 Å². The van der Waals surface area contributed by atoms with Crippen molar-refractivity contribution in [3.05, 3.63) is 29.3 Å². The molecule has 1 unspecified atom stereocenters. The highest BCUT2D eigenvalue weighted by molar-refractivity contribution is 14.0. The SMILES string of the molecule is CN=C(NCCC(C)(C)C)NCc1ccc(C)cc1OC1CCOC1.I. The van der Waals surface area contributed by atoms with E-state index in [4.69, 9.17) is 9.47 Å². The van der Waals surface area contributed by atoms with E-state index >= 15 is 0 Å². The van der Waals surface area contributed by atoms with E-state index in [0.717, 1.165) is 43.3 Å². The highest BCUT2D eigenvalue weighted by atomic mass is 127. The maximum atomic E-state index is 6.15. The third-order valence-corrected chi connectivity index (χ3v) is 4.24. The van der Waals surface area contributed by atoms with Crippen molar-refractivity contribution in [2.75, 3.05) is 26.8 Å². The zero-order chi connectivity index (χ0) is 18.3. The summed E-state index contributed by atoms with van der Waals surface area (Å²) in [6.45, 7) is 11.9. The summed E-state index contributed by atoms with van der Waals surface area (Å²) in [5.74, 6) is 1.76. The Morgan fingerprint density at radius 2 is 2.08 bits per heavy atom. The predicted octanol–water partition coefficient (Wildman–Crippen LogP) is 3.88. The largest absolute Gasteiger partial charge is 0.488 e. The first-order valence-electron chi connectivity index (χ1n) is 9.16. The third-order valence-electron chi connectivity index (χ3n) is 4.24. The van der Waals surface area contributed by atoms with E-state index in [2.05, 4.69) is 61.5 Å². The number of halogens is 1. The minimum absolute atomic E-state index is 0. The summed E-state index contributed by atoms with van der Waals surface area (Å²) in [5, 5.41) is 6.76. The van der Waals surface area contributed by atoms with Gasteiger partial charge >= 0.3 is 0 Å². The summed E-state index contributed by atoms with van der Waals surface area (Å²) in [4.78, 5) is 4.31. The Kier molecular flexibility index (Phi) is 9.71. The van der Waals surface area contributed by atoms with Crippen molar-refractivity contribution in [1.29, 1.82) is 0 Å². The first kappa shape index (κ1) is 23.0. The molecule has 0 bridgehead atoms. The number of ether oxygens (including phenoxy) is 2. The van der Waals surface area contributed by atoms with Gasteiger partial charge in [-0.05, 0) is 30.4 Å². The second-order valence-corrected chi connectivity index (χ2v) is 7.88. The van der Waals surface area contributed by atoms with Crippen LogP contribution in [0.25, 0.3) is 0 Å². The van der Waals surface area contributed by atoms with Crippen molar-refractivity contribution in [2.45, 2.75) is 53.2 Å². The third kappa shape index (κ3) is 8.12. The molecule has 0 aliphatic carbocycles. The van der Waals surface area contributed by atoms with E-state index in [1.807, 2.05) is 0 Å². The molecular formula is C20H34IN3O2. The highest BCUT2D eigenvalue weighted by Crippen LogP contribution is 2.23. The first-order valence-corrected chi connectivity index (χ1v) is 9.16. The smallest absolute Gasteiger partial charge is 0.191 e. The molecule has 1 saturated heterocycles. The standard InChI is InChI=1S/C20H33N3O2.HI/c1-15-6-7-16(18(12-15)25-17-8-11-24-14-17)13-23-19(21-5)22-10-9-20(2,3)4;/h6-7,12,17H,8-11,13-14H2,1-5H3,(H2,21,22,23);1H. The van der Waals surface area contributed by atoms with Crippen molar-refractivity contribution in [3.8, 4) is 5.75 Å². The van der Waals surface area contributed by atoms with E-state index in [-0.39, 0.29) is 30.1 Å². The van der Waals surface area contributed by atoms with Gasteiger partial charge in [0.15, 0.2) is 5.96 Å². The number of hydrogen-bond donors (Lipinski definition) is 2. The van der Waals surface area contributed by atoms with Gasteiger partial charge in [-0.1, -0.05) is 32.9 Å². The van der Waals surface area contributed by atoms with Crippen LogP contribution in [0.4, 0.5) is 0 Å². The van der Waals surface area contributed by atoms with E-state index in [1.54, 1.807) is 7.05 Å². The molecule has 6 heteroatoms. The van der Waals surface area contributed by atoms with Gasteiger partial charge in [-0.2, -0.15) is 0 Å². The van der Waals surface area contributed by atoms with Gasteiger partial charge in [0.05, 0.1) is 13.2 Å². The van der Waals surface area contributed by atoms with Crippen LogP contribution >= 0.6 is 24.0 Å². The van der Waals surface area contributed by atoms with Gasteiger partial charge in [-0.15, -0.1) is 24.0 Å². The molecule has 148 valence electrons. The molecule has 0 saturated carbocycles. The van der Waals surface area contributed by atoms with Crippen LogP contribution in [0, 0.1) is 12.3 Å². The zero-order valence-corrected chi connectivity index (χ0v) is 19.1. The lowest BCUT2D eigenvalue weighted by Gasteiger charge is -2.20. The monoisotopic (exact) mass is 475 g/mol. The molecule has 0 amide bonds. The number of benzene rings is 1. The second kappa shape index (κ2) is 11.0. The summed E-state index contributed by atoms with van der Waals surface area (Å²) in [6.07, 6.45) is 2.20. The van der Waals surface area contributed by atoms with Crippen LogP contribution in [-0.2, 0) is 11.3 Å². The van der Waals surface area contributed by atoms with Crippen LogP contribution in [0.1, 0.15) is 44.7 Å². The molecule has 1 aliphatic rings. The summed E-state index contributed by atoms with van der Waals surface area (Å²) < 4.78 is 11.6. The summed E-state index contributed by atoms with van der Waals surface area (Å²) in [7, 11) is 1.80. The molecule has 1 aliphatic heterocycles. The fourth-order valence-corrected chi connectivity index (χ4v) is 2.66. The molecule has 1 aromatic rings. The zero-order valence-electron chi connectivity index (χ0n) is 16.7. The molecule has 1 heterocycles. The van der Waals surface area contributed by atoms with Crippen molar-refractivity contribution >= 4 is 29.9 Å². The lowest BCUT2D eigenvalue weighted by Crippen LogP contribution is -2.38. The summed E-state index contributed by atoms with van der Waals surface area (Å²) >= 11 is 0. The van der Waals surface area contributed by atoms with Crippen LogP contribution in [0.3, 0.4) is 0 Å². The molecule has 5 nitrogen and oxygen atoms in total. The maximum Gasteiger partial charge on any atom is 0.191 e.